The highest BCUT2D eigenvalue weighted by Crippen LogP contribution is 2.16. The lowest BCUT2D eigenvalue weighted by Crippen LogP contribution is -2.13. The van der Waals surface area contributed by atoms with E-state index in [0.29, 0.717) is 5.56 Å². The third kappa shape index (κ3) is 3.70. The first-order chi connectivity index (χ1) is 9.06. The lowest BCUT2D eigenvalue weighted by Gasteiger charge is -2.12. The molecular formula is C15H15IN2O. The highest BCUT2D eigenvalue weighted by atomic mass is 127. The number of hydrogen-bond acceptors (Lipinski definition) is 2. The number of nitrogens with zero attached hydrogens (tertiary/aromatic N) is 1. The van der Waals surface area contributed by atoms with Gasteiger partial charge in [-0.2, -0.15) is 0 Å². The minimum Gasteiger partial charge on any atom is -0.378 e. The van der Waals surface area contributed by atoms with Gasteiger partial charge in [-0.15, -0.1) is 0 Å². The summed E-state index contributed by atoms with van der Waals surface area (Å²) in [6, 6.07) is 15.3. The van der Waals surface area contributed by atoms with Gasteiger partial charge >= 0.3 is 0 Å². The Bertz CT molecular complexity index is 579. The van der Waals surface area contributed by atoms with Gasteiger partial charge in [-0.05, 0) is 65.1 Å². The lowest BCUT2D eigenvalue weighted by molar-refractivity contribution is 0.102. The third-order valence-corrected chi connectivity index (χ3v) is 3.40. The molecule has 2 aromatic rings. The molecular weight excluding hydrogens is 351 g/mol. The Balaban J connectivity index is 2.11. The fourth-order valence-corrected chi connectivity index (χ4v) is 2.22. The van der Waals surface area contributed by atoms with Crippen LogP contribution in [0.3, 0.4) is 0 Å². The first-order valence-electron chi connectivity index (χ1n) is 5.90. The fraction of sp³-hybridized carbons (Fsp3) is 0.133. The summed E-state index contributed by atoms with van der Waals surface area (Å²) in [6.07, 6.45) is 0. The monoisotopic (exact) mass is 366 g/mol. The molecule has 1 N–H and O–H groups in total. The molecule has 0 bridgehead atoms. The van der Waals surface area contributed by atoms with Crippen LogP contribution in [0.15, 0.2) is 48.5 Å². The molecule has 4 heteroatoms. The smallest absolute Gasteiger partial charge is 0.255 e. The van der Waals surface area contributed by atoms with Crippen molar-refractivity contribution in [3.8, 4) is 0 Å². The van der Waals surface area contributed by atoms with E-state index in [2.05, 4.69) is 27.9 Å². The number of nitrogens with one attached hydrogen (secondary N) is 1. The van der Waals surface area contributed by atoms with Gasteiger partial charge < -0.3 is 10.2 Å². The number of carbonyl (C=O) groups is 1. The zero-order valence-corrected chi connectivity index (χ0v) is 13.0. The molecule has 98 valence electrons. The topological polar surface area (TPSA) is 32.3 Å². The number of carbonyl (C=O) groups excluding carboxylic acids is 1. The maximum atomic E-state index is 12.1. The van der Waals surface area contributed by atoms with Crippen LogP contribution < -0.4 is 10.2 Å². The van der Waals surface area contributed by atoms with E-state index in [-0.39, 0.29) is 5.91 Å². The van der Waals surface area contributed by atoms with Crippen LogP contribution in [0.4, 0.5) is 11.4 Å². The summed E-state index contributed by atoms with van der Waals surface area (Å²) in [5.74, 6) is -0.0905. The number of halogens is 1. The summed E-state index contributed by atoms with van der Waals surface area (Å²) < 4.78 is 1.10. The molecule has 0 saturated carbocycles. The first kappa shape index (κ1) is 13.9. The molecule has 0 aliphatic heterocycles. The summed E-state index contributed by atoms with van der Waals surface area (Å²) in [5, 5.41) is 2.89. The number of anilines is 2. The molecule has 0 unspecified atom stereocenters. The van der Waals surface area contributed by atoms with Gasteiger partial charge in [0.15, 0.2) is 0 Å². The Morgan fingerprint density at radius 3 is 2.37 bits per heavy atom. The van der Waals surface area contributed by atoms with Gasteiger partial charge in [0.1, 0.15) is 0 Å². The maximum absolute atomic E-state index is 12.1. The average molecular weight is 366 g/mol. The second-order valence-electron chi connectivity index (χ2n) is 4.41. The van der Waals surface area contributed by atoms with E-state index in [0.717, 1.165) is 14.9 Å². The van der Waals surface area contributed by atoms with Crippen LogP contribution in [0.5, 0.6) is 0 Å². The first-order valence-corrected chi connectivity index (χ1v) is 6.98. The third-order valence-electron chi connectivity index (χ3n) is 2.73. The van der Waals surface area contributed by atoms with Crippen LogP contribution in [-0.2, 0) is 0 Å². The molecule has 2 aromatic carbocycles. The van der Waals surface area contributed by atoms with Crippen molar-refractivity contribution in [2.75, 3.05) is 24.3 Å². The molecule has 0 aromatic heterocycles. The van der Waals surface area contributed by atoms with Crippen LogP contribution in [0.1, 0.15) is 10.4 Å². The standard InChI is InChI=1S/C15H15IN2O/c1-18(2)14-8-6-11(7-9-14)15(19)17-13-5-3-4-12(16)10-13/h3-10H,1-2H3,(H,17,19). The molecule has 19 heavy (non-hydrogen) atoms. The molecule has 0 heterocycles. The minimum absolute atomic E-state index is 0.0905. The molecule has 3 nitrogen and oxygen atoms in total. The zero-order chi connectivity index (χ0) is 13.8. The van der Waals surface area contributed by atoms with Crippen molar-refractivity contribution in [2.45, 2.75) is 0 Å². The van der Waals surface area contributed by atoms with E-state index < -0.39 is 0 Å². The molecule has 0 radical (unpaired) electrons. The van der Waals surface area contributed by atoms with Crippen LogP contribution in [0.2, 0.25) is 0 Å². The van der Waals surface area contributed by atoms with Crippen molar-refractivity contribution in [1.82, 2.24) is 0 Å². The molecule has 0 atom stereocenters. The maximum Gasteiger partial charge on any atom is 0.255 e. The van der Waals surface area contributed by atoms with Gasteiger partial charge in [0.25, 0.3) is 5.91 Å². The Hall–Kier alpha value is -1.56. The summed E-state index contributed by atoms with van der Waals surface area (Å²) in [5.41, 5.74) is 2.55. The molecule has 0 spiro atoms. The predicted molar refractivity (Wildman–Crippen MR) is 87.9 cm³/mol. The van der Waals surface area contributed by atoms with E-state index in [9.17, 15) is 4.79 Å². The Labute approximate surface area is 126 Å². The van der Waals surface area contributed by atoms with Gasteiger partial charge in [-0.1, -0.05) is 6.07 Å². The summed E-state index contributed by atoms with van der Waals surface area (Å²) in [7, 11) is 3.95. The Kier molecular flexibility index (Phi) is 4.42. The van der Waals surface area contributed by atoms with Gasteiger partial charge in [-0.25, -0.2) is 0 Å². The van der Waals surface area contributed by atoms with Crippen molar-refractivity contribution >= 4 is 39.9 Å². The molecule has 2 rings (SSSR count). The van der Waals surface area contributed by atoms with E-state index in [4.69, 9.17) is 0 Å². The van der Waals surface area contributed by atoms with E-state index in [1.165, 1.54) is 0 Å². The van der Waals surface area contributed by atoms with Crippen molar-refractivity contribution in [3.63, 3.8) is 0 Å². The molecule has 0 saturated heterocycles. The quantitative estimate of drug-likeness (QED) is 0.842. The second-order valence-corrected chi connectivity index (χ2v) is 5.65. The van der Waals surface area contributed by atoms with E-state index >= 15 is 0 Å². The minimum atomic E-state index is -0.0905. The van der Waals surface area contributed by atoms with Crippen LogP contribution in [-0.4, -0.2) is 20.0 Å². The van der Waals surface area contributed by atoms with Crippen LogP contribution >= 0.6 is 22.6 Å². The van der Waals surface area contributed by atoms with Crippen LogP contribution in [0, 0.1) is 3.57 Å². The fourth-order valence-electron chi connectivity index (χ4n) is 1.68. The Morgan fingerprint density at radius 2 is 1.79 bits per heavy atom. The molecule has 0 aliphatic carbocycles. The van der Waals surface area contributed by atoms with E-state index in [1.807, 2.05) is 67.5 Å². The summed E-state index contributed by atoms with van der Waals surface area (Å²) in [6.45, 7) is 0. The predicted octanol–water partition coefficient (Wildman–Crippen LogP) is 3.61. The van der Waals surface area contributed by atoms with Crippen molar-refractivity contribution < 1.29 is 4.79 Å². The summed E-state index contributed by atoms with van der Waals surface area (Å²) in [4.78, 5) is 14.1. The number of amides is 1. The van der Waals surface area contributed by atoms with Gasteiger partial charge in [0.2, 0.25) is 0 Å². The van der Waals surface area contributed by atoms with Gasteiger partial charge in [0.05, 0.1) is 0 Å². The molecule has 0 aliphatic rings. The van der Waals surface area contributed by atoms with Crippen molar-refractivity contribution in [2.24, 2.45) is 0 Å². The van der Waals surface area contributed by atoms with E-state index in [1.54, 1.807) is 0 Å². The summed E-state index contributed by atoms with van der Waals surface area (Å²) >= 11 is 2.22. The van der Waals surface area contributed by atoms with Crippen molar-refractivity contribution in [1.29, 1.82) is 0 Å². The molecule has 0 fully saturated rings. The van der Waals surface area contributed by atoms with Crippen LogP contribution in [0.25, 0.3) is 0 Å². The Morgan fingerprint density at radius 1 is 1.11 bits per heavy atom. The zero-order valence-electron chi connectivity index (χ0n) is 10.9. The highest BCUT2D eigenvalue weighted by molar-refractivity contribution is 14.1. The SMILES string of the molecule is CN(C)c1ccc(C(=O)Nc2cccc(I)c2)cc1. The van der Waals surface area contributed by atoms with Gasteiger partial charge in [-0.3, -0.25) is 4.79 Å². The number of hydrogen-bond donors (Lipinski definition) is 1. The second kappa shape index (κ2) is 6.06. The van der Waals surface area contributed by atoms with Gasteiger partial charge in [0, 0.05) is 34.6 Å². The number of rotatable bonds is 3. The molecule has 1 amide bonds. The normalized spacial score (nSPS) is 10.1. The lowest BCUT2D eigenvalue weighted by atomic mass is 10.2. The van der Waals surface area contributed by atoms with Crippen molar-refractivity contribution in [3.05, 3.63) is 57.7 Å². The highest BCUT2D eigenvalue weighted by Gasteiger charge is 2.06. The average Bonchev–Trinajstić information content (AvgIpc) is 2.39. The largest absolute Gasteiger partial charge is 0.378 e. The number of benzene rings is 2.